The molecule has 7 heteroatoms. The first-order valence-corrected chi connectivity index (χ1v) is 7.61. The maximum Gasteiger partial charge on any atom is 0.332 e. The van der Waals surface area contributed by atoms with Crippen molar-refractivity contribution in [2.24, 2.45) is 0 Å². The van der Waals surface area contributed by atoms with Crippen molar-refractivity contribution in [1.82, 2.24) is 19.9 Å². The first-order valence-electron chi connectivity index (χ1n) is 7.61. The fourth-order valence-electron chi connectivity index (χ4n) is 3.04. The van der Waals surface area contributed by atoms with Gasteiger partial charge in [0.25, 0.3) is 5.56 Å². The Morgan fingerprint density at radius 3 is 2.65 bits per heavy atom. The fraction of sp³-hybridized carbons (Fsp3) is 0.250. The Kier molecular flexibility index (Phi) is 3.27. The van der Waals surface area contributed by atoms with E-state index in [9.17, 15) is 9.59 Å². The maximum atomic E-state index is 11.9. The number of aromatic amines is 2. The third-order valence-corrected chi connectivity index (χ3v) is 4.20. The highest BCUT2D eigenvalue weighted by molar-refractivity contribution is 5.94. The van der Waals surface area contributed by atoms with E-state index in [-0.39, 0.29) is 0 Å². The Hall–Kier alpha value is -2.80. The molecule has 0 aliphatic carbocycles. The van der Waals surface area contributed by atoms with Gasteiger partial charge in [-0.05, 0) is 18.2 Å². The summed E-state index contributed by atoms with van der Waals surface area (Å²) in [5.74, 6) is 0. The molecule has 3 N–H and O–H groups in total. The fourth-order valence-corrected chi connectivity index (χ4v) is 3.04. The second-order valence-corrected chi connectivity index (χ2v) is 5.62. The number of nitrogens with one attached hydrogen (secondary N) is 3. The number of piperazine rings is 1. The third kappa shape index (κ3) is 2.44. The van der Waals surface area contributed by atoms with E-state index >= 15 is 0 Å². The van der Waals surface area contributed by atoms with Crippen LogP contribution < -0.4 is 21.5 Å². The van der Waals surface area contributed by atoms with Gasteiger partial charge >= 0.3 is 5.69 Å². The second kappa shape index (κ2) is 5.44. The van der Waals surface area contributed by atoms with Crippen LogP contribution >= 0.6 is 0 Å². The van der Waals surface area contributed by atoms with Crippen molar-refractivity contribution in [1.29, 1.82) is 0 Å². The quantitative estimate of drug-likeness (QED) is 0.640. The van der Waals surface area contributed by atoms with E-state index in [2.05, 4.69) is 20.2 Å². The summed E-state index contributed by atoms with van der Waals surface area (Å²) in [6, 6.07) is 7.16. The smallest absolute Gasteiger partial charge is 0.332 e. The molecule has 1 aliphatic rings. The van der Waals surface area contributed by atoms with Crippen LogP contribution in [0.5, 0.6) is 0 Å². The van der Waals surface area contributed by atoms with Crippen LogP contribution in [0.3, 0.4) is 0 Å². The van der Waals surface area contributed by atoms with Crippen molar-refractivity contribution in [3.63, 3.8) is 0 Å². The SMILES string of the molecule is O=c1ccn(-c2ccc3c(N4CCNCC4)c[nH]c3c2)c(=O)[nH]1. The molecule has 2 aromatic heterocycles. The number of aromatic nitrogens is 3. The van der Waals surface area contributed by atoms with Gasteiger partial charge in [-0.2, -0.15) is 0 Å². The van der Waals surface area contributed by atoms with Crippen molar-refractivity contribution in [2.75, 3.05) is 31.1 Å². The summed E-state index contributed by atoms with van der Waals surface area (Å²) in [7, 11) is 0. The zero-order valence-corrected chi connectivity index (χ0v) is 12.5. The highest BCUT2D eigenvalue weighted by atomic mass is 16.2. The third-order valence-electron chi connectivity index (χ3n) is 4.20. The van der Waals surface area contributed by atoms with E-state index in [1.54, 1.807) is 0 Å². The van der Waals surface area contributed by atoms with Gasteiger partial charge in [0.2, 0.25) is 0 Å². The van der Waals surface area contributed by atoms with Crippen molar-refractivity contribution >= 4 is 16.6 Å². The molecule has 3 aromatic rings. The van der Waals surface area contributed by atoms with Gasteiger partial charge in [0.15, 0.2) is 0 Å². The lowest BCUT2D eigenvalue weighted by Gasteiger charge is -2.28. The van der Waals surface area contributed by atoms with E-state index in [1.807, 2.05) is 24.4 Å². The Bertz CT molecular complexity index is 962. The highest BCUT2D eigenvalue weighted by Crippen LogP contribution is 2.28. The highest BCUT2D eigenvalue weighted by Gasteiger charge is 2.15. The van der Waals surface area contributed by atoms with Crippen molar-refractivity contribution in [3.05, 3.63) is 57.5 Å². The van der Waals surface area contributed by atoms with Gasteiger partial charge in [-0.25, -0.2) is 4.79 Å². The number of fused-ring (bicyclic) bond motifs is 1. The largest absolute Gasteiger partial charge is 0.367 e. The Labute approximate surface area is 131 Å². The van der Waals surface area contributed by atoms with E-state index in [4.69, 9.17) is 0 Å². The van der Waals surface area contributed by atoms with Gasteiger partial charge in [0, 0.05) is 55.5 Å². The molecule has 0 radical (unpaired) electrons. The van der Waals surface area contributed by atoms with Crippen LogP contribution in [0, 0.1) is 0 Å². The summed E-state index contributed by atoms with van der Waals surface area (Å²) in [5.41, 5.74) is 2.03. The number of hydrogen-bond donors (Lipinski definition) is 3. The van der Waals surface area contributed by atoms with E-state index in [0.29, 0.717) is 5.69 Å². The monoisotopic (exact) mass is 311 g/mol. The normalized spacial score (nSPS) is 15.2. The molecular weight excluding hydrogens is 294 g/mol. The minimum atomic E-state index is -0.439. The molecule has 1 fully saturated rings. The van der Waals surface area contributed by atoms with Crippen LogP contribution in [0.4, 0.5) is 5.69 Å². The van der Waals surface area contributed by atoms with Crippen molar-refractivity contribution < 1.29 is 0 Å². The number of nitrogens with zero attached hydrogens (tertiary/aromatic N) is 2. The summed E-state index contributed by atoms with van der Waals surface area (Å²) in [6.45, 7) is 3.93. The van der Waals surface area contributed by atoms with Crippen LogP contribution in [-0.4, -0.2) is 40.7 Å². The standard InChI is InChI=1S/C16H17N5O2/c22-15-3-6-21(16(23)19-15)11-1-2-12-13(9-11)18-10-14(12)20-7-4-17-5-8-20/h1-3,6,9-10,17-18H,4-5,7-8H2,(H,19,22,23). The lowest BCUT2D eigenvalue weighted by molar-refractivity contribution is 0.590. The molecule has 23 heavy (non-hydrogen) atoms. The lowest BCUT2D eigenvalue weighted by atomic mass is 10.2. The topological polar surface area (TPSA) is 85.9 Å². The van der Waals surface area contributed by atoms with Crippen molar-refractivity contribution in [3.8, 4) is 5.69 Å². The van der Waals surface area contributed by atoms with Gasteiger partial charge in [-0.1, -0.05) is 0 Å². The molecule has 0 bridgehead atoms. The molecule has 1 saturated heterocycles. The predicted octanol–water partition coefficient (Wildman–Crippen LogP) is 0.417. The van der Waals surface area contributed by atoms with Crippen LogP contribution in [0.1, 0.15) is 0 Å². The number of hydrogen-bond acceptors (Lipinski definition) is 4. The zero-order chi connectivity index (χ0) is 15.8. The number of anilines is 1. The molecular formula is C16H17N5O2. The van der Waals surface area contributed by atoms with E-state index < -0.39 is 11.2 Å². The summed E-state index contributed by atoms with van der Waals surface area (Å²) in [4.78, 5) is 31.0. The minimum Gasteiger partial charge on any atom is -0.367 e. The van der Waals surface area contributed by atoms with Crippen molar-refractivity contribution in [2.45, 2.75) is 0 Å². The molecule has 118 valence electrons. The molecule has 4 rings (SSSR count). The van der Waals surface area contributed by atoms with E-state index in [1.165, 1.54) is 22.5 Å². The van der Waals surface area contributed by atoms with Crippen LogP contribution in [0.2, 0.25) is 0 Å². The van der Waals surface area contributed by atoms with Gasteiger partial charge in [-0.15, -0.1) is 0 Å². The number of benzene rings is 1. The predicted molar refractivity (Wildman–Crippen MR) is 89.6 cm³/mol. The van der Waals surface area contributed by atoms with Gasteiger partial charge < -0.3 is 15.2 Å². The second-order valence-electron chi connectivity index (χ2n) is 5.62. The molecule has 1 aromatic carbocycles. The maximum absolute atomic E-state index is 11.9. The summed E-state index contributed by atoms with van der Waals surface area (Å²) >= 11 is 0. The zero-order valence-electron chi connectivity index (χ0n) is 12.5. The molecule has 0 spiro atoms. The van der Waals surface area contributed by atoms with E-state index in [0.717, 1.165) is 37.1 Å². The summed E-state index contributed by atoms with van der Waals surface area (Å²) in [5, 5.41) is 4.48. The van der Waals surface area contributed by atoms with Crippen LogP contribution in [0.25, 0.3) is 16.6 Å². The molecule has 0 saturated carbocycles. The summed E-state index contributed by atoms with van der Waals surface area (Å²) in [6.07, 6.45) is 3.50. The molecule has 7 nitrogen and oxygen atoms in total. The molecule has 0 atom stereocenters. The Morgan fingerprint density at radius 2 is 1.87 bits per heavy atom. The Morgan fingerprint density at radius 1 is 1.04 bits per heavy atom. The first-order chi connectivity index (χ1) is 11.2. The molecule has 0 unspecified atom stereocenters. The van der Waals surface area contributed by atoms with Crippen LogP contribution in [-0.2, 0) is 0 Å². The minimum absolute atomic E-state index is 0.395. The van der Waals surface area contributed by atoms with Crippen LogP contribution in [0.15, 0.2) is 46.2 Å². The molecule has 1 aliphatic heterocycles. The van der Waals surface area contributed by atoms with Gasteiger partial charge in [0.05, 0.1) is 11.4 Å². The molecule has 0 amide bonds. The van der Waals surface area contributed by atoms with Gasteiger partial charge in [-0.3, -0.25) is 14.3 Å². The average molecular weight is 311 g/mol. The Balaban J connectivity index is 1.77. The lowest BCUT2D eigenvalue weighted by Crippen LogP contribution is -2.43. The molecule has 3 heterocycles. The first kappa shape index (κ1) is 13.8. The van der Waals surface area contributed by atoms with Gasteiger partial charge in [0.1, 0.15) is 0 Å². The average Bonchev–Trinajstić information content (AvgIpc) is 2.99. The number of H-pyrrole nitrogens is 2. The number of rotatable bonds is 2. The summed E-state index contributed by atoms with van der Waals surface area (Å²) < 4.78 is 1.42.